The average molecular weight is 289 g/mol. The van der Waals surface area contributed by atoms with E-state index in [0.717, 1.165) is 12.1 Å². The quantitative estimate of drug-likeness (QED) is 0.850. The SMILES string of the molecule is CCCC(CNC(=O)c1cn2c(C)cccc2n1)C(=O)O. The minimum Gasteiger partial charge on any atom is -0.481 e. The Labute approximate surface area is 122 Å². The van der Waals surface area contributed by atoms with Crippen molar-refractivity contribution in [2.45, 2.75) is 26.7 Å². The van der Waals surface area contributed by atoms with Crippen LogP contribution in [0.2, 0.25) is 0 Å². The molecule has 112 valence electrons. The third kappa shape index (κ3) is 3.39. The lowest BCUT2D eigenvalue weighted by Crippen LogP contribution is -2.33. The van der Waals surface area contributed by atoms with E-state index in [1.165, 1.54) is 0 Å². The molecular formula is C15H19N3O3. The van der Waals surface area contributed by atoms with Gasteiger partial charge in [-0.2, -0.15) is 0 Å². The number of fused-ring (bicyclic) bond motifs is 1. The van der Waals surface area contributed by atoms with Crippen molar-refractivity contribution in [1.29, 1.82) is 0 Å². The van der Waals surface area contributed by atoms with Crippen LogP contribution in [0.1, 0.15) is 35.9 Å². The number of rotatable bonds is 6. The van der Waals surface area contributed by atoms with Gasteiger partial charge in [0.15, 0.2) is 0 Å². The second-order valence-electron chi connectivity index (χ2n) is 5.06. The van der Waals surface area contributed by atoms with Crippen molar-refractivity contribution in [3.8, 4) is 0 Å². The van der Waals surface area contributed by atoms with E-state index in [1.807, 2.05) is 36.4 Å². The van der Waals surface area contributed by atoms with Gasteiger partial charge in [-0.1, -0.05) is 19.4 Å². The van der Waals surface area contributed by atoms with Gasteiger partial charge in [-0.15, -0.1) is 0 Å². The molecule has 0 aliphatic carbocycles. The number of amides is 1. The number of hydrogen-bond donors (Lipinski definition) is 2. The molecule has 0 fully saturated rings. The summed E-state index contributed by atoms with van der Waals surface area (Å²) in [5.74, 6) is -1.79. The van der Waals surface area contributed by atoms with E-state index in [2.05, 4.69) is 10.3 Å². The second kappa shape index (κ2) is 6.39. The Hall–Kier alpha value is -2.37. The molecule has 0 bridgehead atoms. The molecule has 2 aromatic heterocycles. The van der Waals surface area contributed by atoms with Crippen LogP contribution in [-0.2, 0) is 4.79 Å². The molecule has 6 heteroatoms. The fourth-order valence-electron chi connectivity index (χ4n) is 2.23. The van der Waals surface area contributed by atoms with Gasteiger partial charge >= 0.3 is 5.97 Å². The molecule has 0 spiro atoms. The number of carboxylic acid groups (broad SMARTS) is 1. The number of carboxylic acids is 1. The van der Waals surface area contributed by atoms with Crippen molar-refractivity contribution in [2.75, 3.05) is 6.54 Å². The molecular weight excluding hydrogens is 270 g/mol. The highest BCUT2D eigenvalue weighted by atomic mass is 16.4. The third-order valence-electron chi connectivity index (χ3n) is 3.42. The summed E-state index contributed by atoms with van der Waals surface area (Å²) in [6.07, 6.45) is 2.97. The number of carbonyl (C=O) groups is 2. The van der Waals surface area contributed by atoms with Crippen LogP contribution in [0.25, 0.3) is 5.65 Å². The molecule has 6 nitrogen and oxygen atoms in total. The lowest BCUT2D eigenvalue weighted by atomic mass is 10.0. The highest BCUT2D eigenvalue weighted by molar-refractivity contribution is 5.93. The first kappa shape index (κ1) is 15.0. The van der Waals surface area contributed by atoms with Gasteiger partial charge < -0.3 is 14.8 Å². The fourth-order valence-corrected chi connectivity index (χ4v) is 2.23. The van der Waals surface area contributed by atoms with Gasteiger partial charge in [0.05, 0.1) is 5.92 Å². The topological polar surface area (TPSA) is 83.7 Å². The average Bonchev–Trinajstić information content (AvgIpc) is 2.88. The molecule has 1 amide bonds. The molecule has 2 rings (SSSR count). The number of aromatic nitrogens is 2. The van der Waals surface area contributed by atoms with E-state index in [1.54, 1.807) is 6.20 Å². The fraction of sp³-hybridized carbons (Fsp3) is 0.400. The number of aliphatic carboxylic acids is 1. The van der Waals surface area contributed by atoms with E-state index in [4.69, 9.17) is 5.11 Å². The Bertz CT molecular complexity index is 663. The summed E-state index contributed by atoms with van der Waals surface area (Å²) in [4.78, 5) is 27.4. The molecule has 1 atom stereocenters. The number of nitrogens with one attached hydrogen (secondary N) is 1. The first-order chi connectivity index (χ1) is 10.0. The molecule has 0 saturated heterocycles. The van der Waals surface area contributed by atoms with Crippen LogP contribution in [0.5, 0.6) is 0 Å². The Balaban J connectivity index is 2.08. The van der Waals surface area contributed by atoms with Gasteiger partial charge in [0, 0.05) is 18.4 Å². The summed E-state index contributed by atoms with van der Waals surface area (Å²) in [7, 11) is 0. The van der Waals surface area contributed by atoms with Crippen LogP contribution < -0.4 is 5.32 Å². The Morgan fingerprint density at radius 1 is 1.43 bits per heavy atom. The zero-order valence-corrected chi connectivity index (χ0v) is 12.2. The third-order valence-corrected chi connectivity index (χ3v) is 3.42. The van der Waals surface area contributed by atoms with Crippen LogP contribution in [0, 0.1) is 12.8 Å². The zero-order chi connectivity index (χ0) is 15.4. The van der Waals surface area contributed by atoms with Crippen molar-refractivity contribution in [3.63, 3.8) is 0 Å². The summed E-state index contributed by atoms with van der Waals surface area (Å²) < 4.78 is 1.83. The molecule has 0 radical (unpaired) electrons. The second-order valence-corrected chi connectivity index (χ2v) is 5.06. The molecule has 0 saturated carbocycles. The van der Waals surface area contributed by atoms with E-state index in [9.17, 15) is 9.59 Å². The first-order valence-corrected chi connectivity index (χ1v) is 6.98. The minimum absolute atomic E-state index is 0.120. The number of pyridine rings is 1. The van der Waals surface area contributed by atoms with Gasteiger partial charge in [-0.3, -0.25) is 9.59 Å². The smallest absolute Gasteiger partial charge is 0.308 e. The van der Waals surface area contributed by atoms with Gasteiger partial charge in [0.1, 0.15) is 11.3 Å². The van der Waals surface area contributed by atoms with E-state index in [-0.39, 0.29) is 12.5 Å². The van der Waals surface area contributed by atoms with Crippen molar-refractivity contribution in [2.24, 2.45) is 5.92 Å². The normalized spacial score (nSPS) is 12.3. The summed E-state index contributed by atoms with van der Waals surface area (Å²) in [6, 6.07) is 5.63. The Kier molecular flexibility index (Phi) is 4.57. The summed E-state index contributed by atoms with van der Waals surface area (Å²) in [5, 5.41) is 11.7. The highest BCUT2D eigenvalue weighted by Crippen LogP contribution is 2.09. The van der Waals surface area contributed by atoms with E-state index < -0.39 is 11.9 Å². The monoisotopic (exact) mass is 289 g/mol. The molecule has 0 aliphatic heterocycles. The zero-order valence-electron chi connectivity index (χ0n) is 12.2. The summed E-state index contributed by atoms with van der Waals surface area (Å²) in [5.41, 5.74) is 1.97. The van der Waals surface area contributed by atoms with Crippen molar-refractivity contribution in [1.82, 2.24) is 14.7 Å². The van der Waals surface area contributed by atoms with Crippen LogP contribution >= 0.6 is 0 Å². The maximum absolute atomic E-state index is 12.1. The van der Waals surface area contributed by atoms with Crippen molar-refractivity contribution < 1.29 is 14.7 Å². The summed E-state index contributed by atoms with van der Waals surface area (Å²) in [6.45, 7) is 3.97. The molecule has 2 N–H and O–H groups in total. The molecule has 0 aliphatic rings. The largest absolute Gasteiger partial charge is 0.481 e. The lowest BCUT2D eigenvalue weighted by molar-refractivity contribution is -0.141. The van der Waals surface area contributed by atoms with Crippen LogP contribution in [-0.4, -0.2) is 32.9 Å². The molecule has 1 unspecified atom stereocenters. The molecule has 0 aromatic carbocycles. The lowest BCUT2D eigenvalue weighted by Gasteiger charge is -2.11. The maximum Gasteiger partial charge on any atom is 0.308 e. The molecule has 2 aromatic rings. The van der Waals surface area contributed by atoms with Gasteiger partial charge in [-0.05, 0) is 25.5 Å². The van der Waals surface area contributed by atoms with Crippen molar-refractivity contribution >= 4 is 17.5 Å². The number of hydrogen-bond acceptors (Lipinski definition) is 3. The number of nitrogens with zero attached hydrogens (tertiary/aromatic N) is 2. The standard InChI is InChI=1S/C15H19N3O3/c1-3-5-11(15(20)21)8-16-14(19)12-9-18-10(2)6-4-7-13(18)17-12/h4,6-7,9,11H,3,5,8H2,1-2H3,(H,16,19)(H,20,21). The van der Waals surface area contributed by atoms with Crippen molar-refractivity contribution in [3.05, 3.63) is 35.8 Å². The maximum atomic E-state index is 12.1. The number of carbonyl (C=O) groups excluding carboxylic acids is 1. The summed E-state index contributed by atoms with van der Waals surface area (Å²) >= 11 is 0. The Morgan fingerprint density at radius 3 is 2.81 bits per heavy atom. The molecule has 2 heterocycles. The van der Waals surface area contributed by atoms with Gasteiger partial charge in [0.2, 0.25) is 0 Å². The highest BCUT2D eigenvalue weighted by Gasteiger charge is 2.18. The Morgan fingerprint density at radius 2 is 2.19 bits per heavy atom. The minimum atomic E-state index is -0.886. The number of aryl methyl sites for hydroxylation is 1. The predicted octanol–water partition coefficient (Wildman–Crippen LogP) is 1.87. The van der Waals surface area contributed by atoms with Crippen LogP contribution in [0.15, 0.2) is 24.4 Å². The molecule has 21 heavy (non-hydrogen) atoms. The first-order valence-electron chi connectivity index (χ1n) is 6.98. The number of imidazole rings is 1. The van der Waals surface area contributed by atoms with E-state index in [0.29, 0.717) is 17.8 Å². The predicted molar refractivity (Wildman–Crippen MR) is 78.3 cm³/mol. The van der Waals surface area contributed by atoms with E-state index >= 15 is 0 Å². The van der Waals surface area contributed by atoms with Gasteiger partial charge in [0.25, 0.3) is 5.91 Å². The van der Waals surface area contributed by atoms with Gasteiger partial charge in [-0.25, -0.2) is 4.98 Å². The van der Waals surface area contributed by atoms with Crippen LogP contribution in [0.4, 0.5) is 0 Å². The van der Waals surface area contributed by atoms with Crippen LogP contribution in [0.3, 0.4) is 0 Å².